The Morgan fingerprint density at radius 3 is 2.39 bits per heavy atom. The minimum Gasteiger partial charge on any atom is -0.508 e. The largest absolute Gasteiger partial charge is 0.508 e. The Balaban J connectivity index is 1.34. The molecule has 0 bridgehead atoms. The van der Waals surface area contributed by atoms with E-state index in [4.69, 9.17) is 9.84 Å². The second-order valence-electron chi connectivity index (χ2n) is 11.1. The van der Waals surface area contributed by atoms with Crippen LogP contribution in [0.3, 0.4) is 0 Å². The molecule has 41 heavy (non-hydrogen) atoms. The summed E-state index contributed by atoms with van der Waals surface area (Å²) in [7, 11) is 0. The molecule has 1 heterocycles. The van der Waals surface area contributed by atoms with Crippen LogP contribution in [0.5, 0.6) is 11.5 Å². The quantitative estimate of drug-likeness (QED) is 0.306. The molecular formula is C33H31NO7. The van der Waals surface area contributed by atoms with Gasteiger partial charge < -0.3 is 14.9 Å². The first-order valence-electron chi connectivity index (χ1n) is 14.0. The maximum absolute atomic E-state index is 13.8. The molecule has 4 unspecified atom stereocenters. The smallest absolute Gasteiger partial charge is 0.233 e. The summed E-state index contributed by atoms with van der Waals surface area (Å²) in [5.41, 5.74) is 3.90. The number of likely N-dealkylation sites (tertiary alicyclic amines) is 1. The van der Waals surface area contributed by atoms with Gasteiger partial charge in [0.1, 0.15) is 18.1 Å². The molecule has 2 aromatic rings. The molecule has 1 aliphatic heterocycles. The predicted molar refractivity (Wildman–Crippen MR) is 149 cm³/mol. The first-order valence-corrected chi connectivity index (χ1v) is 14.0. The maximum Gasteiger partial charge on any atom is 0.233 e. The van der Waals surface area contributed by atoms with Crippen molar-refractivity contribution in [3.8, 4) is 11.5 Å². The Labute approximate surface area is 237 Å². The summed E-state index contributed by atoms with van der Waals surface area (Å²) in [6.45, 7) is 1.93. The summed E-state index contributed by atoms with van der Waals surface area (Å²) in [6, 6.07) is 14.0. The summed E-state index contributed by atoms with van der Waals surface area (Å²) < 4.78 is 5.51. The number of hydrogen-bond acceptors (Lipinski definition) is 7. The number of phenolic OH excluding ortho intramolecular Hbond substituents is 1. The number of rotatable bonds is 7. The Morgan fingerprint density at radius 2 is 1.68 bits per heavy atom. The number of phenols is 1. The molecule has 4 atom stereocenters. The number of imide groups is 1. The lowest BCUT2D eigenvalue weighted by Crippen LogP contribution is -2.40. The van der Waals surface area contributed by atoms with E-state index in [0.717, 1.165) is 16.7 Å². The minimum atomic E-state index is -0.596. The van der Waals surface area contributed by atoms with Gasteiger partial charge in [-0.1, -0.05) is 35.9 Å². The third-order valence-corrected chi connectivity index (χ3v) is 8.79. The predicted octanol–water partition coefficient (Wildman–Crippen LogP) is 3.44. The highest BCUT2D eigenvalue weighted by molar-refractivity contribution is 6.23. The Hall–Kier alpha value is -4.30. The molecular weight excluding hydrogens is 522 g/mol. The fourth-order valence-electron chi connectivity index (χ4n) is 6.85. The van der Waals surface area contributed by atoms with Crippen molar-refractivity contribution in [1.82, 2.24) is 4.90 Å². The second-order valence-corrected chi connectivity index (χ2v) is 11.1. The SMILES string of the molecule is CC1=CC(=O)C2=C(C1=O)C(c1ccc(OCCO)cc1)C1=CCC3C(=O)N(CCc4ccc(O)cc4)C(=O)C3C1C2. The lowest BCUT2D eigenvalue weighted by Gasteiger charge is -2.42. The molecule has 4 aliphatic rings. The van der Waals surface area contributed by atoms with Crippen molar-refractivity contribution in [3.05, 3.63) is 94.1 Å². The van der Waals surface area contributed by atoms with Gasteiger partial charge in [0.15, 0.2) is 11.6 Å². The van der Waals surface area contributed by atoms with E-state index in [1.807, 2.05) is 18.2 Å². The summed E-state index contributed by atoms with van der Waals surface area (Å²) in [5, 5.41) is 18.6. The second kappa shape index (κ2) is 10.6. The number of benzene rings is 2. The van der Waals surface area contributed by atoms with Crippen molar-refractivity contribution in [1.29, 1.82) is 0 Å². The monoisotopic (exact) mass is 553 g/mol. The van der Waals surface area contributed by atoms with Gasteiger partial charge in [0.25, 0.3) is 0 Å². The average Bonchev–Trinajstić information content (AvgIpc) is 3.22. The van der Waals surface area contributed by atoms with E-state index in [9.17, 15) is 24.3 Å². The van der Waals surface area contributed by atoms with E-state index in [1.54, 1.807) is 43.3 Å². The lowest BCUT2D eigenvalue weighted by molar-refractivity contribution is -0.140. The van der Waals surface area contributed by atoms with Crippen molar-refractivity contribution in [2.75, 3.05) is 19.8 Å². The number of Topliss-reactive ketones (excluding diaryl/α,β-unsaturated/α-hetero) is 1. The van der Waals surface area contributed by atoms with Crippen LogP contribution in [-0.2, 0) is 25.6 Å². The van der Waals surface area contributed by atoms with E-state index in [2.05, 4.69) is 0 Å². The van der Waals surface area contributed by atoms with Crippen molar-refractivity contribution >= 4 is 23.4 Å². The molecule has 1 saturated heterocycles. The highest BCUT2D eigenvalue weighted by atomic mass is 16.5. The van der Waals surface area contributed by atoms with Crippen LogP contribution in [0.25, 0.3) is 0 Å². The van der Waals surface area contributed by atoms with E-state index in [0.29, 0.717) is 35.3 Å². The first-order chi connectivity index (χ1) is 19.8. The highest BCUT2D eigenvalue weighted by Gasteiger charge is 2.56. The Morgan fingerprint density at radius 1 is 0.951 bits per heavy atom. The summed E-state index contributed by atoms with van der Waals surface area (Å²) in [6.07, 6.45) is 4.50. The average molecular weight is 554 g/mol. The summed E-state index contributed by atoms with van der Waals surface area (Å²) in [5.74, 6) is -2.06. The molecule has 0 saturated carbocycles. The number of allylic oxidation sites excluding steroid dienone is 6. The Bertz CT molecular complexity index is 1530. The fourth-order valence-corrected chi connectivity index (χ4v) is 6.85. The molecule has 3 aliphatic carbocycles. The minimum absolute atomic E-state index is 0.112. The van der Waals surface area contributed by atoms with Crippen LogP contribution in [0, 0.1) is 17.8 Å². The van der Waals surface area contributed by atoms with Gasteiger partial charge in [-0.05, 0) is 73.6 Å². The zero-order valence-electron chi connectivity index (χ0n) is 22.7. The maximum atomic E-state index is 13.8. The van der Waals surface area contributed by atoms with Crippen LogP contribution in [0.1, 0.15) is 36.8 Å². The molecule has 8 nitrogen and oxygen atoms in total. The molecule has 210 valence electrons. The number of carbonyl (C=O) groups is 4. The normalized spacial score (nSPS) is 25.5. The van der Waals surface area contributed by atoms with Gasteiger partial charge in [0.05, 0.1) is 18.4 Å². The van der Waals surface area contributed by atoms with E-state index < -0.39 is 17.8 Å². The van der Waals surface area contributed by atoms with Gasteiger partial charge >= 0.3 is 0 Å². The molecule has 0 spiro atoms. The number of carbonyl (C=O) groups excluding carboxylic acids is 4. The zero-order valence-corrected chi connectivity index (χ0v) is 22.7. The highest BCUT2D eigenvalue weighted by Crippen LogP contribution is 2.55. The van der Waals surface area contributed by atoms with Crippen LogP contribution >= 0.6 is 0 Å². The van der Waals surface area contributed by atoms with Gasteiger partial charge in [0.2, 0.25) is 11.8 Å². The van der Waals surface area contributed by atoms with Crippen LogP contribution in [0.2, 0.25) is 0 Å². The molecule has 0 radical (unpaired) electrons. The lowest BCUT2D eigenvalue weighted by atomic mass is 9.59. The molecule has 2 aromatic carbocycles. The van der Waals surface area contributed by atoms with Gasteiger partial charge in [0, 0.05) is 29.2 Å². The van der Waals surface area contributed by atoms with Crippen LogP contribution in [-0.4, -0.2) is 58.3 Å². The molecule has 8 heteroatoms. The summed E-state index contributed by atoms with van der Waals surface area (Å²) in [4.78, 5) is 55.4. The van der Waals surface area contributed by atoms with Crippen LogP contribution in [0.15, 0.2) is 83.0 Å². The van der Waals surface area contributed by atoms with Gasteiger partial charge in [-0.25, -0.2) is 0 Å². The summed E-state index contributed by atoms with van der Waals surface area (Å²) >= 11 is 0. The van der Waals surface area contributed by atoms with Gasteiger partial charge in [-0.3, -0.25) is 24.1 Å². The first kappa shape index (κ1) is 26.9. The molecule has 6 rings (SSSR count). The number of fused-ring (bicyclic) bond motifs is 3. The van der Waals surface area contributed by atoms with Crippen molar-refractivity contribution in [2.24, 2.45) is 17.8 Å². The van der Waals surface area contributed by atoms with E-state index >= 15 is 0 Å². The number of aliphatic hydroxyl groups is 1. The van der Waals surface area contributed by atoms with E-state index in [1.165, 1.54) is 11.0 Å². The number of aromatic hydroxyl groups is 1. The number of hydrogen-bond donors (Lipinski definition) is 2. The van der Waals surface area contributed by atoms with Crippen molar-refractivity contribution in [3.63, 3.8) is 0 Å². The van der Waals surface area contributed by atoms with Gasteiger partial charge in [-0.15, -0.1) is 0 Å². The van der Waals surface area contributed by atoms with Crippen molar-refractivity contribution < 1.29 is 34.1 Å². The number of nitrogens with zero attached hydrogens (tertiary/aromatic N) is 1. The number of ketones is 2. The third kappa shape index (κ3) is 4.62. The molecule has 0 aromatic heterocycles. The Kier molecular flexibility index (Phi) is 6.95. The van der Waals surface area contributed by atoms with Crippen LogP contribution < -0.4 is 4.74 Å². The van der Waals surface area contributed by atoms with Crippen LogP contribution in [0.4, 0.5) is 0 Å². The van der Waals surface area contributed by atoms with E-state index in [-0.39, 0.29) is 61.2 Å². The van der Waals surface area contributed by atoms with Gasteiger partial charge in [-0.2, -0.15) is 0 Å². The number of ether oxygens (including phenoxy) is 1. The molecule has 2 amide bonds. The molecule has 1 fully saturated rings. The molecule has 2 N–H and O–H groups in total. The zero-order chi connectivity index (χ0) is 28.8. The third-order valence-electron chi connectivity index (χ3n) is 8.79. The standard InChI is InChI=1S/C33H31NO7/c1-18-16-27(37)26-17-25-23(28(30(26)31(18)38)20-4-8-22(9-5-20)41-15-14-35)10-11-24-29(25)33(40)34(32(24)39)13-12-19-2-6-21(36)7-3-19/h2-10,16,24-25,28-29,35-36H,11-15,17H2,1H3. The van der Waals surface area contributed by atoms with Crippen molar-refractivity contribution in [2.45, 2.75) is 32.1 Å². The topological polar surface area (TPSA) is 121 Å². The number of amides is 2. The number of aliphatic hydroxyl groups excluding tert-OH is 1. The fraction of sp³-hybridized carbons (Fsp3) is 0.333.